The van der Waals surface area contributed by atoms with Gasteiger partial charge in [0.05, 0.1) is 22.4 Å². The average Bonchev–Trinajstić information content (AvgIpc) is 2.93. The van der Waals surface area contributed by atoms with Crippen LogP contribution in [0.15, 0.2) is 41.6 Å². The maximum absolute atomic E-state index is 12.4. The molecule has 1 fully saturated rings. The molecule has 1 aliphatic heterocycles. The Balaban J connectivity index is 1.68. The summed E-state index contributed by atoms with van der Waals surface area (Å²) in [5.41, 5.74) is 2.64. The van der Waals surface area contributed by atoms with E-state index in [9.17, 15) is 13.2 Å². The molecule has 1 aliphatic rings. The third-order valence-electron chi connectivity index (χ3n) is 4.13. The first-order chi connectivity index (χ1) is 12.3. The Morgan fingerprint density at radius 3 is 2.65 bits per heavy atom. The molecule has 0 bridgehead atoms. The van der Waals surface area contributed by atoms with Crippen molar-refractivity contribution in [1.82, 2.24) is 15.3 Å². The van der Waals surface area contributed by atoms with Gasteiger partial charge in [-0.25, -0.2) is 18.4 Å². The number of rotatable bonds is 5. The maximum Gasteiger partial charge on any atom is 0.233 e. The van der Waals surface area contributed by atoms with E-state index < -0.39 is 15.1 Å². The smallest absolute Gasteiger partial charge is 0.233 e. The zero-order valence-electron chi connectivity index (χ0n) is 14.7. The number of thioether (sulfide) groups is 1. The molecule has 0 radical (unpaired) electrons. The average molecular weight is 392 g/mol. The Bertz CT molecular complexity index is 901. The number of hydrogen-bond acceptors (Lipinski definition) is 6. The minimum absolute atomic E-state index is 0.0230. The predicted octanol–water partition coefficient (Wildman–Crippen LogP) is 2.24. The molecule has 138 valence electrons. The summed E-state index contributed by atoms with van der Waals surface area (Å²) in [7, 11) is -3.01. The van der Waals surface area contributed by atoms with E-state index in [-0.39, 0.29) is 23.5 Å². The number of carbonyl (C=O) groups excluding carboxylic acids is 1. The maximum atomic E-state index is 12.4. The van der Waals surface area contributed by atoms with E-state index in [2.05, 4.69) is 15.3 Å². The van der Waals surface area contributed by atoms with Crippen LogP contribution in [0, 0.1) is 6.92 Å². The summed E-state index contributed by atoms with van der Waals surface area (Å²) in [5.74, 6) is -0.0284. The molecule has 2 atom stereocenters. The van der Waals surface area contributed by atoms with Crippen LogP contribution < -0.4 is 5.32 Å². The van der Waals surface area contributed by atoms with Gasteiger partial charge in [-0.2, -0.15) is 0 Å². The highest BCUT2D eigenvalue weighted by molar-refractivity contribution is 8.00. The summed E-state index contributed by atoms with van der Waals surface area (Å²) in [5, 5.41) is 2.94. The van der Waals surface area contributed by atoms with Crippen LogP contribution in [0.2, 0.25) is 0 Å². The van der Waals surface area contributed by atoms with Crippen molar-refractivity contribution in [1.29, 1.82) is 0 Å². The Morgan fingerprint density at radius 1 is 1.27 bits per heavy atom. The van der Waals surface area contributed by atoms with E-state index in [1.165, 1.54) is 11.8 Å². The molecule has 2 aromatic rings. The summed E-state index contributed by atoms with van der Waals surface area (Å²) in [6.07, 6.45) is 0.477. The lowest BCUT2D eigenvalue weighted by Crippen LogP contribution is -2.40. The van der Waals surface area contributed by atoms with Gasteiger partial charge in [0, 0.05) is 17.3 Å². The van der Waals surface area contributed by atoms with Crippen molar-refractivity contribution in [2.45, 2.75) is 36.7 Å². The van der Waals surface area contributed by atoms with Crippen LogP contribution >= 0.6 is 11.8 Å². The molecule has 1 saturated heterocycles. The van der Waals surface area contributed by atoms with E-state index in [1.54, 1.807) is 6.92 Å². The number of benzene rings is 1. The van der Waals surface area contributed by atoms with Crippen molar-refractivity contribution >= 4 is 27.5 Å². The monoisotopic (exact) mass is 391 g/mol. The molecular formula is C18H21N3O3S2. The molecule has 3 rings (SSSR count). The van der Waals surface area contributed by atoms with E-state index in [4.69, 9.17) is 0 Å². The van der Waals surface area contributed by atoms with Crippen molar-refractivity contribution in [3.05, 3.63) is 42.1 Å². The molecular weight excluding hydrogens is 370 g/mol. The van der Waals surface area contributed by atoms with Crippen LogP contribution in [-0.4, -0.2) is 47.1 Å². The Labute approximate surface area is 157 Å². The predicted molar refractivity (Wildman–Crippen MR) is 103 cm³/mol. The first-order valence-corrected chi connectivity index (χ1v) is 11.1. The van der Waals surface area contributed by atoms with Gasteiger partial charge < -0.3 is 5.32 Å². The SMILES string of the molecule is Cc1cc(-c2ccccc2)nc(SC(C)C(=O)NC2CCS(=O)(=O)C2)n1. The number of sulfone groups is 1. The Morgan fingerprint density at radius 2 is 2.00 bits per heavy atom. The summed E-state index contributed by atoms with van der Waals surface area (Å²) in [6.45, 7) is 3.67. The van der Waals surface area contributed by atoms with Crippen LogP contribution in [0.4, 0.5) is 0 Å². The fourth-order valence-electron chi connectivity index (χ4n) is 2.79. The largest absolute Gasteiger partial charge is 0.351 e. The second kappa shape index (κ2) is 7.75. The molecule has 1 N–H and O–H groups in total. The molecule has 0 saturated carbocycles. The number of hydrogen-bond donors (Lipinski definition) is 1. The lowest BCUT2D eigenvalue weighted by Gasteiger charge is -2.15. The van der Waals surface area contributed by atoms with E-state index >= 15 is 0 Å². The highest BCUT2D eigenvalue weighted by atomic mass is 32.2. The van der Waals surface area contributed by atoms with Crippen molar-refractivity contribution < 1.29 is 13.2 Å². The van der Waals surface area contributed by atoms with Gasteiger partial charge in [0.2, 0.25) is 5.91 Å². The topological polar surface area (TPSA) is 89.0 Å². The van der Waals surface area contributed by atoms with Gasteiger partial charge in [0.25, 0.3) is 0 Å². The summed E-state index contributed by atoms with van der Waals surface area (Å²) < 4.78 is 23.0. The lowest BCUT2D eigenvalue weighted by molar-refractivity contribution is -0.120. The fraction of sp³-hybridized carbons (Fsp3) is 0.389. The van der Waals surface area contributed by atoms with Crippen LogP contribution in [0.25, 0.3) is 11.3 Å². The van der Waals surface area contributed by atoms with E-state index in [0.29, 0.717) is 11.6 Å². The van der Waals surface area contributed by atoms with Crippen molar-refractivity contribution in [3.63, 3.8) is 0 Å². The molecule has 26 heavy (non-hydrogen) atoms. The standard InChI is InChI=1S/C18H21N3O3S2/c1-12-10-16(14-6-4-3-5-7-14)21-18(19-12)25-13(2)17(22)20-15-8-9-26(23,24)11-15/h3-7,10,13,15H,8-9,11H2,1-2H3,(H,20,22). The first kappa shape index (κ1) is 18.8. The van der Waals surface area contributed by atoms with Gasteiger partial charge in [-0.05, 0) is 26.3 Å². The molecule has 6 nitrogen and oxygen atoms in total. The van der Waals surface area contributed by atoms with Crippen LogP contribution in [-0.2, 0) is 14.6 Å². The molecule has 0 aliphatic carbocycles. The third kappa shape index (κ3) is 4.82. The highest BCUT2D eigenvalue weighted by Crippen LogP contribution is 2.25. The van der Waals surface area contributed by atoms with Gasteiger partial charge in [-0.3, -0.25) is 4.79 Å². The summed E-state index contributed by atoms with van der Waals surface area (Å²) in [6, 6.07) is 11.4. The molecule has 1 aromatic heterocycles. The van der Waals surface area contributed by atoms with Crippen LogP contribution in [0.3, 0.4) is 0 Å². The zero-order valence-corrected chi connectivity index (χ0v) is 16.3. The second-order valence-corrected chi connectivity index (χ2v) is 9.95. The second-order valence-electron chi connectivity index (χ2n) is 6.41. The lowest BCUT2D eigenvalue weighted by atomic mass is 10.1. The molecule has 0 spiro atoms. The van der Waals surface area contributed by atoms with Crippen molar-refractivity contribution in [2.75, 3.05) is 11.5 Å². The Hall–Kier alpha value is -1.93. The number of nitrogens with zero attached hydrogens (tertiary/aromatic N) is 2. The molecule has 2 unspecified atom stereocenters. The summed E-state index contributed by atoms with van der Waals surface area (Å²) in [4.78, 5) is 21.3. The quantitative estimate of drug-likeness (QED) is 0.621. The van der Waals surface area contributed by atoms with Gasteiger partial charge in [0.15, 0.2) is 15.0 Å². The Kier molecular flexibility index (Phi) is 5.62. The van der Waals surface area contributed by atoms with Gasteiger partial charge >= 0.3 is 0 Å². The number of carbonyl (C=O) groups is 1. The number of aryl methyl sites for hydroxylation is 1. The minimum Gasteiger partial charge on any atom is -0.351 e. The summed E-state index contributed by atoms with van der Waals surface area (Å²) >= 11 is 1.27. The van der Waals surface area contributed by atoms with E-state index in [1.807, 2.05) is 43.3 Å². The number of nitrogens with one attached hydrogen (secondary N) is 1. The highest BCUT2D eigenvalue weighted by Gasteiger charge is 2.30. The van der Waals surface area contributed by atoms with Crippen molar-refractivity contribution in [2.24, 2.45) is 0 Å². The molecule has 1 amide bonds. The van der Waals surface area contributed by atoms with Gasteiger partial charge in [-0.1, -0.05) is 42.1 Å². The number of aromatic nitrogens is 2. The minimum atomic E-state index is -3.01. The molecule has 8 heteroatoms. The zero-order chi connectivity index (χ0) is 18.7. The number of amides is 1. The van der Waals surface area contributed by atoms with Crippen LogP contribution in [0.5, 0.6) is 0 Å². The molecule has 2 heterocycles. The third-order valence-corrected chi connectivity index (χ3v) is 6.86. The van der Waals surface area contributed by atoms with Crippen molar-refractivity contribution in [3.8, 4) is 11.3 Å². The normalized spacial score (nSPS) is 19.8. The fourth-order valence-corrected chi connectivity index (χ4v) is 5.30. The van der Waals surface area contributed by atoms with Crippen LogP contribution in [0.1, 0.15) is 19.0 Å². The van der Waals surface area contributed by atoms with E-state index in [0.717, 1.165) is 17.0 Å². The van der Waals surface area contributed by atoms with Gasteiger partial charge in [-0.15, -0.1) is 0 Å². The van der Waals surface area contributed by atoms with Gasteiger partial charge in [0.1, 0.15) is 0 Å². The molecule has 1 aromatic carbocycles. The first-order valence-electron chi connectivity index (χ1n) is 8.41.